The Balaban J connectivity index is 1.95. The van der Waals surface area contributed by atoms with Gasteiger partial charge in [-0.3, -0.25) is 0 Å². The second-order valence-corrected chi connectivity index (χ2v) is 5.88. The molecule has 0 saturated carbocycles. The lowest BCUT2D eigenvalue weighted by atomic mass is 10.1. The third-order valence-corrected chi connectivity index (χ3v) is 4.33. The molecule has 118 valence electrons. The van der Waals surface area contributed by atoms with Gasteiger partial charge in [-0.05, 0) is 64.5 Å². The average molecular weight is 294 g/mol. The summed E-state index contributed by atoms with van der Waals surface area (Å²) in [7, 11) is 2.17. The first-order valence-corrected chi connectivity index (χ1v) is 7.97. The number of ether oxygens (including phenoxy) is 1. The Kier molecular flexibility index (Phi) is 6.00. The molecule has 2 rings (SSSR count). The van der Waals surface area contributed by atoms with Crippen LogP contribution in [0.25, 0.3) is 0 Å². The van der Waals surface area contributed by atoms with Gasteiger partial charge in [0.05, 0.1) is 6.61 Å². The van der Waals surface area contributed by atoms with Crippen molar-refractivity contribution < 1.29 is 9.13 Å². The molecule has 1 N–H and O–H groups in total. The quantitative estimate of drug-likeness (QED) is 0.834. The molecule has 2 unspecified atom stereocenters. The minimum absolute atomic E-state index is 0.0925. The van der Waals surface area contributed by atoms with Gasteiger partial charge in [-0.15, -0.1) is 0 Å². The van der Waals surface area contributed by atoms with Gasteiger partial charge in [0, 0.05) is 17.6 Å². The first-order valence-electron chi connectivity index (χ1n) is 7.97. The second kappa shape index (κ2) is 7.76. The molecule has 0 spiro atoms. The lowest BCUT2D eigenvalue weighted by Gasteiger charge is -2.21. The molecular weight excluding hydrogens is 267 g/mol. The van der Waals surface area contributed by atoms with Gasteiger partial charge in [-0.1, -0.05) is 6.92 Å². The lowest BCUT2D eigenvalue weighted by molar-refractivity contribution is 0.231. The zero-order valence-electron chi connectivity index (χ0n) is 13.4. The fourth-order valence-corrected chi connectivity index (χ4v) is 3.05. The topological polar surface area (TPSA) is 24.5 Å². The van der Waals surface area contributed by atoms with Gasteiger partial charge in [0.1, 0.15) is 11.6 Å². The Morgan fingerprint density at radius 1 is 1.48 bits per heavy atom. The summed E-state index contributed by atoms with van der Waals surface area (Å²) in [6, 6.07) is 5.51. The smallest absolute Gasteiger partial charge is 0.124 e. The van der Waals surface area contributed by atoms with Crippen LogP contribution in [0.1, 0.15) is 44.7 Å². The van der Waals surface area contributed by atoms with E-state index in [0.29, 0.717) is 12.6 Å². The van der Waals surface area contributed by atoms with Crippen molar-refractivity contribution in [1.29, 1.82) is 0 Å². The number of nitrogens with one attached hydrogen (secondary N) is 1. The molecule has 0 bridgehead atoms. The average Bonchev–Trinajstić information content (AvgIpc) is 2.86. The highest BCUT2D eigenvalue weighted by molar-refractivity contribution is 5.36. The van der Waals surface area contributed by atoms with E-state index in [2.05, 4.69) is 17.3 Å². The highest BCUT2D eigenvalue weighted by Gasteiger charge is 2.20. The van der Waals surface area contributed by atoms with Crippen molar-refractivity contribution in [3.63, 3.8) is 0 Å². The van der Waals surface area contributed by atoms with E-state index in [1.807, 2.05) is 13.8 Å². The summed E-state index contributed by atoms with van der Waals surface area (Å²) in [5, 5.41) is 3.31. The molecule has 1 aliphatic heterocycles. The molecule has 21 heavy (non-hydrogen) atoms. The Morgan fingerprint density at radius 3 is 2.95 bits per heavy atom. The maximum Gasteiger partial charge on any atom is 0.124 e. The number of benzene rings is 1. The van der Waals surface area contributed by atoms with Crippen LogP contribution in [0.5, 0.6) is 5.75 Å². The SMILES string of the molecule is CCNC(C)c1cc(F)ccc1OCCC1CCCN1C. The number of hydrogen-bond donors (Lipinski definition) is 1. The van der Waals surface area contributed by atoms with E-state index >= 15 is 0 Å². The van der Waals surface area contributed by atoms with Crippen molar-refractivity contribution in [3.05, 3.63) is 29.6 Å². The first kappa shape index (κ1) is 16.2. The number of likely N-dealkylation sites (tertiary alicyclic amines) is 1. The van der Waals surface area contributed by atoms with E-state index in [9.17, 15) is 4.39 Å². The molecule has 0 amide bonds. The molecule has 0 aromatic heterocycles. The van der Waals surface area contributed by atoms with Gasteiger partial charge in [0.25, 0.3) is 0 Å². The van der Waals surface area contributed by atoms with Gasteiger partial charge in [-0.2, -0.15) is 0 Å². The van der Waals surface area contributed by atoms with E-state index < -0.39 is 0 Å². The molecule has 0 aliphatic carbocycles. The normalized spacial score (nSPS) is 20.7. The standard InChI is InChI=1S/C17H27FN2O/c1-4-19-13(2)16-12-14(18)7-8-17(16)21-11-9-15-6-5-10-20(15)3/h7-8,12-13,15,19H,4-6,9-11H2,1-3H3. The van der Waals surface area contributed by atoms with Gasteiger partial charge >= 0.3 is 0 Å². The molecule has 1 fully saturated rings. The monoisotopic (exact) mass is 294 g/mol. The molecule has 1 aromatic rings. The van der Waals surface area contributed by atoms with Crippen molar-refractivity contribution in [1.82, 2.24) is 10.2 Å². The Labute approximate surface area is 127 Å². The molecule has 4 heteroatoms. The molecule has 2 atom stereocenters. The summed E-state index contributed by atoms with van der Waals surface area (Å²) in [6.45, 7) is 6.81. The predicted octanol–water partition coefficient (Wildman–Crippen LogP) is 3.36. The van der Waals surface area contributed by atoms with E-state index in [1.165, 1.54) is 25.5 Å². The van der Waals surface area contributed by atoms with Gasteiger partial charge < -0.3 is 15.0 Å². The summed E-state index contributed by atoms with van der Waals surface area (Å²) in [6.07, 6.45) is 3.56. The van der Waals surface area contributed by atoms with Gasteiger partial charge in [-0.25, -0.2) is 4.39 Å². The minimum atomic E-state index is -0.211. The Bertz CT molecular complexity index is 452. The van der Waals surface area contributed by atoms with E-state index in [0.717, 1.165) is 24.3 Å². The predicted molar refractivity (Wildman–Crippen MR) is 84.3 cm³/mol. The van der Waals surface area contributed by atoms with Gasteiger partial charge in [0.15, 0.2) is 0 Å². The Morgan fingerprint density at radius 2 is 2.29 bits per heavy atom. The van der Waals surface area contributed by atoms with Crippen molar-refractivity contribution in [2.75, 3.05) is 26.7 Å². The van der Waals surface area contributed by atoms with Crippen molar-refractivity contribution in [2.45, 2.75) is 45.2 Å². The van der Waals surface area contributed by atoms with Crippen molar-refractivity contribution in [3.8, 4) is 5.75 Å². The maximum absolute atomic E-state index is 13.5. The largest absolute Gasteiger partial charge is 0.493 e. The highest BCUT2D eigenvalue weighted by Crippen LogP contribution is 2.27. The fourth-order valence-electron chi connectivity index (χ4n) is 3.05. The zero-order chi connectivity index (χ0) is 15.2. The Hall–Kier alpha value is -1.13. The van der Waals surface area contributed by atoms with Crippen LogP contribution in [0.15, 0.2) is 18.2 Å². The molecule has 1 aliphatic rings. The summed E-state index contributed by atoms with van der Waals surface area (Å²) in [4.78, 5) is 2.40. The van der Waals surface area contributed by atoms with E-state index in [-0.39, 0.29) is 11.9 Å². The van der Waals surface area contributed by atoms with Crippen molar-refractivity contribution >= 4 is 0 Å². The molecule has 0 radical (unpaired) electrons. The number of nitrogens with zero attached hydrogens (tertiary/aromatic N) is 1. The van der Waals surface area contributed by atoms with Crippen LogP contribution in [0.3, 0.4) is 0 Å². The molecule has 1 saturated heterocycles. The molecule has 1 heterocycles. The summed E-state index contributed by atoms with van der Waals surface area (Å²) in [5.41, 5.74) is 0.900. The van der Waals surface area contributed by atoms with Crippen LogP contribution >= 0.6 is 0 Å². The van der Waals surface area contributed by atoms with Crippen LogP contribution in [-0.2, 0) is 0 Å². The van der Waals surface area contributed by atoms with Crippen LogP contribution in [-0.4, -0.2) is 37.7 Å². The molecule has 3 nitrogen and oxygen atoms in total. The van der Waals surface area contributed by atoms with Crippen LogP contribution in [0.4, 0.5) is 4.39 Å². The van der Waals surface area contributed by atoms with Gasteiger partial charge in [0.2, 0.25) is 0 Å². The third-order valence-electron chi connectivity index (χ3n) is 4.33. The van der Waals surface area contributed by atoms with Crippen LogP contribution in [0, 0.1) is 5.82 Å². The van der Waals surface area contributed by atoms with E-state index in [4.69, 9.17) is 4.74 Å². The number of hydrogen-bond acceptors (Lipinski definition) is 3. The van der Waals surface area contributed by atoms with Crippen molar-refractivity contribution in [2.24, 2.45) is 0 Å². The third kappa shape index (κ3) is 4.42. The summed E-state index contributed by atoms with van der Waals surface area (Å²) < 4.78 is 19.4. The maximum atomic E-state index is 13.5. The van der Waals surface area contributed by atoms with E-state index in [1.54, 1.807) is 12.1 Å². The summed E-state index contributed by atoms with van der Waals surface area (Å²) in [5.74, 6) is 0.586. The van der Waals surface area contributed by atoms with Crippen LogP contribution < -0.4 is 10.1 Å². The molecule has 1 aromatic carbocycles. The zero-order valence-corrected chi connectivity index (χ0v) is 13.4. The first-order chi connectivity index (χ1) is 10.1. The lowest BCUT2D eigenvalue weighted by Crippen LogP contribution is -2.26. The summed E-state index contributed by atoms with van der Waals surface area (Å²) >= 11 is 0. The van der Waals surface area contributed by atoms with Crippen LogP contribution in [0.2, 0.25) is 0 Å². The number of halogens is 1. The number of rotatable bonds is 7. The fraction of sp³-hybridized carbons (Fsp3) is 0.647. The minimum Gasteiger partial charge on any atom is -0.493 e. The molecular formula is C17H27FN2O. The highest BCUT2D eigenvalue weighted by atomic mass is 19.1. The second-order valence-electron chi connectivity index (χ2n) is 5.88.